The quantitative estimate of drug-likeness (QED) is 0.795. The zero-order valence-electron chi connectivity index (χ0n) is 10.1. The number of nitrogens with zero attached hydrogens (tertiary/aromatic N) is 3. The predicted molar refractivity (Wildman–Crippen MR) is 63.6 cm³/mol. The van der Waals surface area contributed by atoms with E-state index in [0.717, 1.165) is 38.9 Å². The highest BCUT2D eigenvalue weighted by atomic mass is 16.2. The van der Waals surface area contributed by atoms with Crippen molar-refractivity contribution in [2.45, 2.75) is 32.2 Å². The molecule has 1 aliphatic rings. The van der Waals surface area contributed by atoms with Gasteiger partial charge in [-0.15, -0.1) is 0 Å². The molecule has 6 nitrogen and oxygen atoms in total. The van der Waals surface area contributed by atoms with Crippen LogP contribution in [0.2, 0.25) is 0 Å². The number of hydrogen-bond donors (Lipinski definition) is 2. The molecule has 1 aromatic rings. The van der Waals surface area contributed by atoms with Crippen LogP contribution < -0.4 is 5.32 Å². The van der Waals surface area contributed by atoms with Gasteiger partial charge in [-0.1, -0.05) is 6.92 Å². The Hall–Kier alpha value is -1.43. The van der Waals surface area contributed by atoms with Crippen LogP contribution in [0.1, 0.15) is 36.7 Å². The van der Waals surface area contributed by atoms with Gasteiger partial charge in [-0.05, 0) is 25.8 Å². The standard InChI is InChI=1S/C11H19N5O/c1-2-5-12-9-3-6-16(7-4-9)11(17)10-8-13-15-14-10/h8-9,12H,2-7H2,1H3,(H,13,14,15). The molecule has 1 aliphatic heterocycles. The molecule has 1 aromatic heterocycles. The molecular weight excluding hydrogens is 218 g/mol. The molecule has 0 unspecified atom stereocenters. The Kier molecular flexibility index (Phi) is 4.08. The molecule has 1 saturated heterocycles. The summed E-state index contributed by atoms with van der Waals surface area (Å²) in [5.41, 5.74) is 0.407. The van der Waals surface area contributed by atoms with Gasteiger partial charge in [0.1, 0.15) is 0 Å². The van der Waals surface area contributed by atoms with Gasteiger partial charge in [-0.25, -0.2) is 0 Å². The highest BCUT2D eigenvalue weighted by Gasteiger charge is 2.24. The zero-order valence-corrected chi connectivity index (χ0v) is 10.1. The molecule has 2 N–H and O–H groups in total. The molecule has 0 spiro atoms. The largest absolute Gasteiger partial charge is 0.337 e. The number of carbonyl (C=O) groups excluding carboxylic acids is 1. The van der Waals surface area contributed by atoms with Gasteiger partial charge in [0.25, 0.3) is 5.91 Å². The first kappa shape index (κ1) is 12.0. The van der Waals surface area contributed by atoms with E-state index in [4.69, 9.17) is 0 Å². The maximum absolute atomic E-state index is 12.0. The first-order chi connectivity index (χ1) is 8.31. The molecule has 2 rings (SSSR count). The fourth-order valence-electron chi connectivity index (χ4n) is 2.10. The lowest BCUT2D eigenvalue weighted by Crippen LogP contribution is -2.45. The molecule has 17 heavy (non-hydrogen) atoms. The van der Waals surface area contributed by atoms with Crippen molar-refractivity contribution in [2.75, 3.05) is 19.6 Å². The molecular formula is C11H19N5O. The Balaban J connectivity index is 1.81. The summed E-state index contributed by atoms with van der Waals surface area (Å²) in [7, 11) is 0. The second-order valence-corrected chi connectivity index (χ2v) is 4.38. The van der Waals surface area contributed by atoms with Crippen LogP contribution in [0.4, 0.5) is 0 Å². The van der Waals surface area contributed by atoms with Crippen LogP contribution in [-0.2, 0) is 0 Å². The number of H-pyrrole nitrogens is 1. The van der Waals surface area contributed by atoms with Crippen molar-refractivity contribution in [3.05, 3.63) is 11.9 Å². The molecule has 0 aromatic carbocycles. The average molecular weight is 237 g/mol. The summed E-state index contributed by atoms with van der Waals surface area (Å²) in [6.07, 6.45) is 4.66. The van der Waals surface area contributed by atoms with Gasteiger partial charge in [-0.2, -0.15) is 15.4 Å². The molecule has 6 heteroatoms. The van der Waals surface area contributed by atoms with Crippen LogP contribution >= 0.6 is 0 Å². The molecule has 0 aliphatic carbocycles. The lowest BCUT2D eigenvalue weighted by molar-refractivity contribution is 0.0699. The van der Waals surface area contributed by atoms with Gasteiger partial charge >= 0.3 is 0 Å². The fourth-order valence-corrected chi connectivity index (χ4v) is 2.10. The van der Waals surface area contributed by atoms with E-state index in [1.807, 2.05) is 4.90 Å². The van der Waals surface area contributed by atoms with E-state index in [9.17, 15) is 4.79 Å². The van der Waals surface area contributed by atoms with Crippen molar-refractivity contribution >= 4 is 5.91 Å². The topological polar surface area (TPSA) is 73.9 Å². The van der Waals surface area contributed by atoms with Crippen LogP contribution in [0.25, 0.3) is 0 Å². The van der Waals surface area contributed by atoms with E-state index in [1.165, 1.54) is 6.20 Å². The number of aromatic amines is 1. The Labute approximate surface area is 101 Å². The van der Waals surface area contributed by atoms with Crippen LogP contribution in [0.5, 0.6) is 0 Å². The summed E-state index contributed by atoms with van der Waals surface area (Å²) in [6, 6.07) is 0.552. The lowest BCUT2D eigenvalue weighted by atomic mass is 10.0. The Morgan fingerprint density at radius 3 is 2.94 bits per heavy atom. The third-order valence-corrected chi connectivity index (χ3v) is 3.10. The highest BCUT2D eigenvalue weighted by molar-refractivity contribution is 5.91. The number of rotatable bonds is 4. The fraction of sp³-hybridized carbons (Fsp3) is 0.727. The number of likely N-dealkylation sites (tertiary alicyclic amines) is 1. The van der Waals surface area contributed by atoms with Crippen molar-refractivity contribution in [3.8, 4) is 0 Å². The van der Waals surface area contributed by atoms with Crippen LogP contribution in [0, 0.1) is 0 Å². The maximum atomic E-state index is 12.0. The number of carbonyl (C=O) groups is 1. The summed E-state index contributed by atoms with van der Waals surface area (Å²) in [5, 5.41) is 13.4. The molecule has 0 bridgehead atoms. The smallest absolute Gasteiger partial charge is 0.276 e. The summed E-state index contributed by atoms with van der Waals surface area (Å²) < 4.78 is 0. The third-order valence-electron chi connectivity index (χ3n) is 3.10. The van der Waals surface area contributed by atoms with Crippen molar-refractivity contribution in [3.63, 3.8) is 0 Å². The molecule has 1 amide bonds. The first-order valence-corrected chi connectivity index (χ1v) is 6.19. The number of aromatic nitrogens is 3. The van der Waals surface area contributed by atoms with Crippen LogP contribution in [0.3, 0.4) is 0 Å². The van der Waals surface area contributed by atoms with E-state index in [0.29, 0.717) is 11.7 Å². The minimum absolute atomic E-state index is 0.0207. The highest BCUT2D eigenvalue weighted by Crippen LogP contribution is 2.12. The minimum atomic E-state index is -0.0207. The van der Waals surface area contributed by atoms with Gasteiger partial charge < -0.3 is 10.2 Å². The first-order valence-electron chi connectivity index (χ1n) is 6.19. The average Bonchev–Trinajstić information content (AvgIpc) is 2.90. The van der Waals surface area contributed by atoms with E-state index in [2.05, 4.69) is 27.7 Å². The summed E-state index contributed by atoms with van der Waals surface area (Å²) in [5.74, 6) is -0.0207. The Morgan fingerprint density at radius 2 is 2.35 bits per heavy atom. The summed E-state index contributed by atoms with van der Waals surface area (Å²) >= 11 is 0. The second-order valence-electron chi connectivity index (χ2n) is 4.38. The molecule has 1 fully saturated rings. The normalized spacial score (nSPS) is 17.4. The van der Waals surface area contributed by atoms with Crippen molar-refractivity contribution in [1.82, 2.24) is 25.6 Å². The number of nitrogens with one attached hydrogen (secondary N) is 2. The van der Waals surface area contributed by atoms with E-state index in [-0.39, 0.29) is 5.91 Å². The van der Waals surface area contributed by atoms with Gasteiger partial charge in [0, 0.05) is 19.1 Å². The number of hydrogen-bond acceptors (Lipinski definition) is 4. The predicted octanol–water partition coefficient (Wildman–Crippen LogP) is 0.409. The molecule has 0 saturated carbocycles. The molecule has 94 valence electrons. The van der Waals surface area contributed by atoms with Crippen molar-refractivity contribution in [2.24, 2.45) is 0 Å². The van der Waals surface area contributed by atoms with Crippen molar-refractivity contribution < 1.29 is 4.79 Å². The zero-order chi connectivity index (χ0) is 12.1. The van der Waals surface area contributed by atoms with Crippen LogP contribution in [-0.4, -0.2) is 51.9 Å². The van der Waals surface area contributed by atoms with Crippen LogP contribution in [0.15, 0.2) is 6.20 Å². The second kappa shape index (κ2) is 5.77. The molecule has 2 heterocycles. The third kappa shape index (κ3) is 3.03. The Morgan fingerprint density at radius 1 is 1.59 bits per heavy atom. The monoisotopic (exact) mass is 237 g/mol. The van der Waals surface area contributed by atoms with E-state index >= 15 is 0 Å². The summed E-state index contributed by atoms with van der Waals surface area (Å²) in [6.45, 7) is 4.82. The lowest BCUT2D eigenvalue weighted by Gasteiger charge is -2.32. The Bertz CT molecular complexity index is 343. The minimum Gasteiger partial charge on any atom is -0.337 e. The van der Waals surface area contributed by atoms with Gasteiger partial charge in [-0.3, -0.25) is 4.79 Å². The maximum Gasteiger partial charge on any atom is 0.276 e. The van der Waals surface area contributed by atoms with Gasteiger partial charge in [0.15, 0.2) is 5.69 Å². The van der Waals surface area contributed by atoms with E-state index < -0.39 is 0 Å². The van der Waals surface area contributed by atoms with E-state index in [1.54, 1.807) is 0 Å². The number of piperidine rings is 1. The molecule has 0 radical (unpaired) electrons. The molecule has 0 atom stereocenters. The van der Waals surface area contributed by atoms with Gasteiger partial charge in [0.2, 0.25) is 0 Å². The number of amides is 1. The summed E-state index contributed by atoms with van der Waals surface area (Å²) in [4.78, 5) is 13.8. The van der Waals surface area contributed by atoms with Gasteiger partial charge in [0.05, 0.1) is 6.20 Å². The SMILES string of the molecule is CCCNC1CCN(C(=O)c2cn[nH]n2)CC1. The van der Waals surface area contributed by atoms with Crippen molar-refractivity contribution in [1.29, 1.82) is 0 Å².